The van der Waals surface area contributed by atoms with Crippen molar-refractivity contribution >= 4 is 23.4 Å². The zero-order chi connectivity index (χ0) is 24.5. The van der Waals surface area contributed by atoms with E-state index in [1.54, 1.807) is 30.2 Å². The van der Waals surface area contributed by atoms with E-state index in [4.69, 9.17) is 11.6 Å². The van der Waals surface area contributed by atoms with Crippen LogP contribution in [-0.4, -0.2) is 66.1 Å². The lowest BCUT2D eigenvalue weighted by Crippen LogP contribution is -2.30. The normalized spacial score (nSPS) is 9.59. The molecule has 6 nitrogen and oxygen atoms in total. The number of phenols is 1. The molecule has 0 radical (unpaired) electrons. The molecular weight excluding hydrogens is 428 g/mol. The minimum absolute atomic E-state index is 0.0362. The fourth-order valence-corrected chi connectivity index (χ4v) is 2.80. The number of ether oxygens (including phenoxy) is 1. The minimum atomic E-state index is -0.0362. The summed E-state index contributed by atoms with van der Waals surface area (Å²) >= 11 is 4.96. The molecule has 0 bridgehead atoms. The van der Waals surface area contributed by atoms with Gasteiger partial charge >= 0.3 is 0 Å². The number of carbonyl (C=O) groups is 2. The molecule has 0 aliphatic carbocycles. The summed E-state index contributed by atoms with van der Waals surface area (Å²) in [6.45, 7) is 12.8. The Hall–Kier alpha value is -2.57. The third-order valence-corrected chi connectivity index (χ3v) is 4.79. The Kier molecular flexibility index (Phi) is 15.7. The minimum Gasteiger partial charge on any atom is -0.508 e. The molecule has 2 rings (SSSR count). The van der Waals surface area contributed by atoms with Crippen molar-refractivity contribution < 1.29 is 19.4 Å². The van der Waals surface area contributed by atoms with Gasteiger partial charge in [0.1, 0.15) is 11.8 Å². The average molecular weight is 465 g/mol. The van der Waals surface area contributed by atoms with E-state index < -0.39 is 0 Å². The summed E-state index contributed by atoms with van der Waals surface area (Å²) in [5.74, 6) is 0.215. The summed E-state index contributed by atoms with van der Waals surface area (Å²) < 4.78 is 4.31. The van der Waals surface area contributed by atoms with E-state index in [2.05, 4.69) is 4.74 Å². The van der Waals surface area contributed by atoms with Gasteiger partial charge in [-0.15, -0.1) is 0 Å². The Morgan fingerprint density at radius 1 is 0.844 bits per heavy atom. The summed E-state index contributed by atoms with van der Waals surface area (Å²) in [4.78, 5) is 27.2. The number of nitrogens with zero attached hydrogens (tertiary/aromatic N) is 2. The van der Waals surface area contributed by atoms with Crippen LogP contribution in [0.15, 0.2) is 48.5 Å². The standard InChI is InChI=1S/C12H17NO.C11H15NO2.C2H5ClO/c1-4-13(5-2)12(14)11-8-6-7-10(3)9-11;1-3-12(4-2)11(14)9-6-5-7-10(13)8-9;1-4-2-3/h6-9H,4-5H2,1-3H3;5-8,13H,3-4H2,1-2H3;2H2,1H3. The van der Waals surface area contributed by atoms with Crippen LogP contribution in [0, 0.1) is 6.92 Å². The molecule has 0 unspecified atom stereocenters. The van der Waals surface area contributed by atoms with Gasteiger partial charge in [0.15, 0.2) is 0 Å². The molecule has 0 saturated carbocycles. The van der Waals surface area contributed by atoms with Gasteiger partial charge < -0.3 is 19.6 Å². The second kappa shape index (κ2) is 17.0. The third kappa shape index (κ3) is 10.6. The zero-order valence-corrected chi connectivity index (χ0v) is 20.9. The molecule has 0 saturated heterocycles. The zero-order valence-electron chi connectivity index (χ0n) is 20.1. The van der Waals surface area contributed by atoms with Crippen molar-refractivity contribution in [1.82, 2.24) is 9.80 Å². The smallest absolute Gasteiger partial charge is 0.253 e. The number of rotatable bonds is 7. The van der Waals surface area contributed by atoms with Crippen LogP contribution in [0.3, 0.4) is 0 Å². The number of phenolic OH excluding ortho intramolecular Hbond substituents is 1. The van der Waals surface area contributed by atoms with Crippen LogP contribution < -0.4 is 0 Å². The lowest BCUT2D eigenvalue weighted by molar-refractivity contribution is 0.0765. The van der Waals surface area contributed by atoms with Crippen LogP contribution in [-0.2, 0) is 4.74 Å². The van der Waals surface area contributed by atoms with Crippen molar-refractivity contribution in [2.75, 3.05) is 39.4 Å². The molecule has 0 aliphatic heterocycles. The Morgan fingerprint density at radius 2 is 1.25 bits per heavy atom. The predicted molar refractivity (Wildman–Crippen MR) is 132 cm³/mol. The van der Waals surface area contributed by atoms with Crippen LogP contribution in [0.5, 0.6) is 5.75 Å². The maximum absolute atomic E-state index is 11.9. The van der Waals surface area contributed by atoms with Gasteiger partial charge in [-0.3, -0.25) is 9.59 Å². The second-order valence-electron chi connectivity index (χ2n) is 6.77. The van der Waals surface area contributed by atoms with E-state index in [1.165, 1.54) is 6.07 Å². The highest BCUT2D eigenvalue weighted by molar-refractivity contribution is 6.17. The van der Waals surface area contributed by atoms with E-state index in [1.807, 2.05) is 63.8 Å². The summed E-state index contributed by atoms with van der Waals surface area (Å²) in [6.07, 6.45) is 0. The summed E-state index contributed by atoms with van der Waals surface area (Å²) in [5, 5.41) is 9.22. The molecule has 0 aromatic heterocycles. The molecule has 0 aliphatic rings. The van der Waals surface area contributed by atoms with Gasteiger partial charge in [0.25, 0.3) is 11.8 Å². The highest BCUT2D eigenvalue weighted by Crippen LogP contribution is 2.12. The first-order valence-electron chi connectivity index (χ1n) is 10.8. The molecule has 0 spiro atoms. The summed E-state index contributed by atoms with van der Waals surface area (Å²) in [7, 11) is 1.55. The van der Waals surface area contributed by atoms with Gasteiger partial charge in [-0.2, -0.15) is 0 Å². The Bertz CT molecular complexity index is 739. The van der Waals surface area contributed by atoms with Gasteiger partial charge in [0, 0.05) is 44.4 Å². The maximum atomic E-state index is 11.9. The number of carbonyl (C=O) groups excluding carboxylic acids is 2. The van der Waals surface area contributed by atoms with E-state index in [-0.39, 0.29) is 17.6 Å². The van der Waals surface area contributed by atoms with Crippen molar-refractivity contribution in [3.8, 4) is 5.75 Å². The molecule has 1 N–H and O–H groups in total. The van der Waals surface area contributed by atoms with Crippen LogP contribution in [0.2, 0.25) is 0 Å². The number of alkyl halides is 1. The number of aromatic hydroxyl groups is 1. The molecule has 0 atom stereocenters. The van der Waals surface area contributed by atoms with E-state index in [0.717, 1.165) is 24.2 Å². The van der Waals surface area contributed by atoms with Crippen molar-refractivity contribution in [3.63, 3.8) is 0 Å². The monoisotopic (exact) mass is 464 g/mol. The van der Waals surface area contributed by atoms with Crippen molar-refractivity contribution in [1.29, 1.82) is 0 Å². The highest BCUT2D eigenvalue weighted by atomic mass is 35.5. The van der Waals surface area contributed by atoms with Crippen molar-refractivity contribution in [2.24, 2.45) is 0 Å². The van der Waals surface area contributed by atoms with E-state index in [9.17, 15) is 14.7 Å². The highest BCUT2D eigenvalue weighted by Gasteiger charge is 2.12. The van der Waals surface area contributed by atoms with Crippen molar-refractivity contribution in [3.05, 3.63) is 65.2 Å². The molecule has 2 aromatic carbocycles. The van der Waals surface area contributed by atoms with Crippen LogP contribution in [0.4, 0.5) is 0 Å². The van der Waals surface area contributed by atoms with Gasteiger partial charge in [-0.1, -0.05) is 35.4 Å². The number of amides is 2. The third-order valence-electron chi connectivity index (χ3n) is 4.57. The number of methoxy groups -OCH3 is 1. The molecule has 0 heterocycles. The molecule has 2 aromatic rings. The SMILES string of the molecule is CCN(CC)C(=O)c1cccc(C)c1.CCN(CC)C(=O)c1cccc(O)c1.COCCl. The van der Waals surface area contributed by atoms with Gasteiger partial charge in [-0.05, 0) is 65.0 Å². The Balaban J connectivity index is 0.000000515. The molecule has 7 heteroatoms. The molecule has 2 amide bonds. The first kappa shape index (κ1) is 29.4. The molecule has 178 valence electrons. The quantitative estimate of drug-likeness (QED) is 0.573. The molecule has 0 fully saturated rings. The van der Waals surface area contributed by atoms with Gasteiger partial charge in [0.05, 0.1) is 0 Å². The van der Waals surface area contributed by atoms with Crippen LogP contribution >= 0.6 is 11.6 Å². The summed E-state index contributed by atoms with van der Waals surface area (Å²) in [6, 6.07) is 14.4. The Labute approximate surface area is 197 Å². The first-order chi connectivity index (χ1) is 15.3. The number of halogens is 1. The largest absolute Gasteiger partial charge is 0.508 e. The lowest BCUT2D eigenvalue weighted by Gasteiger charge is -2.18. The number of hydrogen-bond acceptors (Lipinski definition) is 4. The first-order valence-corrected chi connectivity index (χ1v) is 11.3. The second-order valence-corrected chi connectivity index (χ2v) is 6.99. The number of hydrogen-bond donors (Lipinski definition) is 1. The van der Waals surface area contributed by atoms with Gasteiger partial charge in [-0.25, -0.2) is 0 Å². The van der Waals surface area contributed by atoms with Crippen molar-refractivity contribution in [2.45, 2.75) is 34.6 Å². The predicted octanol–water partition coefficient (Wildman–Crippen LogP) is 5.18. The fraction of sp³-hybridized carbons (Fsp3) is 0.440. The topological polar surface area (TPSA) is 70.1 Å². The lowest BCUT2D eigenvalue weighted by atomic mass is 10.1. The molecular formula is C25H37ClN2O4. The molecule has 32 heavy (non-hydrogen) atoms. The fourth-order valence-electron chi connectivity index (χ4n) is 2.80. The van der Waals surface area contributed by atoms with E-state index >= 15 is 0 Å². The maximum Gasteiger partial charge on any atom is 0.253 e. The average Bonchev–Trinajstić information content (AvgIpc) is 2.81. The number of benzene rings is 2. The van der Waals surface area contributed by atoms with E-state index in [0.29, 0.717) is 24.7 Å². The summed E-state index contributed by atoms with van der Waals surface area (Å²) in [5.41, 5.74) is 2.45. The number of aryl methyl sites for hydroxylation is 1. The van der Waals surface area contributed by atoms with Crippen LogP contribution in [0.25, 0.3) is 0 Å². The van der Waals surface area contributed by atoms with Crippen LogP contribution in [0.1, 0.15) is 54.0 Å². The Morgan fingerprint density at radius 3 is 1.59 bits per heavy atom. The van der Waals surface area contributed by atoms with Gasteiger partial charge in [0.2, 0.25) is 0 Å².